The van der Waals surface area contributed by atoms with E-state index in [2.05, 4.69) is 61.1 Å². The van der Waals surface area contributed by atoms with Crippen molar-refractivity contribution < 1.29 is 0 Å². The van der Waals surface area contributed by atoms with Gasteiger partial charge in [0.2, 0.25) is 0 Å². The van der Waals surface area contributed by atoms with Gasteiger partial charge in [0.1, 0.15) is 0 Å². The summed E-state index contributed by atoms with van der Waals surface area (Å²) in [4.78, 5) is 0. The van der Waals surface area contributed by atoms with Crippen molar-refractivity contribution in [3.05, 3.63) is 36.0 Å². The molecule has 2 aromatic rings. The van der Waals surface area contributed by atoms with E-state index in [-0.39, 0.29) is 0 Å². The second kappa shape index (κ2) is 7.49. The van der Waals surface area contributed by atoms with Crippen LogP contribution < -0.4 is 5.32 Å². The molecule has 1 heterocycles. The minimum absolute atomic E-state index is 0.702. The third kappa shape index (κ3) is 3.86. The van der Waals surface area contributed by atoms with E-state index in [1.807, 2.05) is 0 Å². The fourth-order valence-electron chi connectivity index (χ4n) is 2.68. The molecule has 0 bridgehead atoms. The lowest BCUT2D eigenvalue weighted by atomic mass is 10.1. The molecule has 0 aliphatic rings. The van der Waals surface area contributed by atoms with E-state index >= 15 is 0 Å². The van der Waals surface area contributed by atoms with Crippen molar-refractivity contribution in [1.29, 1.82) is 0 Å². The number of aromatic nitrogens is 1. The van der Waals surface area contributed by atoms with Gasteiger partial charge in [-0.25, -0.2) is 0 Å². The van der Waals surface area contributed by atoms with Crippen molar-refractivity contribution in [3.8, 4) is 0 Å². The highest BCUT2D eigenvalue weighted by atomic mass is 15.0. The van der Waals surface area contributed by atoms with Crippen LogP contribution in [0.2, 0.25) is 0 Å². The second-order valence-corrected chi connectivity index (χ2v) is 6.10. The quantitative estimate of drug-likeness (QED) is 0.696. The molecule has 20 heavy (non-hydrogen) atoms. The van der Waals surface area contributed by atoms with Gasteiger partial charge >= 0.3 is 0 Å². The highest BCUT2D eigenvalue weighted by Crippen LogP contribution is 2.22. The molecule has 0 radical (unpaired) electrons. The smallest absolute Gasteiger partial charge is 0.0483 e. The largest absolute Gasteiger partial charge is 0.347 e. The molecule has 0 unspecified atom stereocenters. The highest BCUT2D eigenvalue weighted by Gasteiger charge is 2.07. The molecule has 0 fully saturated rings. The summed E-state index contributed by atoms with van der Waals surface area (Å²) in [6.07, 6.45) is 6.21. The van der Waals surface area contributed by atoms with Crippen molar-refractivity contribution in [1.82, 2.24) is 9.88 Å². The van der Waals surface area contributed by atoms with E-state index in [1.165, 1.54) is 35.7 Å². The van der Waals surface area contributed by atoms with Gasteiger partial charge in [0, 0.05) is 30.2 Å². The molecular weight excluding hydrogens is 244 g/mol. The molecule has 0 aliphatic carbocycles. The minimum atomic E-state index is 0.702. The molecule has 0 spiro atoms. The van der Waals surface area contributed by atoms with Crippen molar-refractivity contribution in [2.45, 2.75) is 53.1 Å². The van der Waals surface area contributed by atoms with Crippen LogP contribution in [0, 0.1) is 5.92 Å². The summed E-state index contributed by atoms with van der Waals surface area (Å²) in [5.74, 6) is 0.702. The monoisotopic (exact) mass is 272 g/mol. The van der Waals surface area contributed by atoms with Crippen LogP contribution in [0.3, 0.4) is 0 Å². The van der Waals surface area contributed by atoms with E-state index in [0.29, 0.717) is 5.92 Å². The Labute approximate surface area is 123 Å². The van der Waals surface area contributed by atoms with Gasteiger partial charge in [-0.05, 0) is 30.5 Å². The molecule has 2 nitrogen and oxygen atoms in total. The van der Waals surface area contributed by atoms with E-state index in [1.54, 1.807) is 0 Å². The van der Waals surface area contributed by atoms with Gasteiger partial charge < -0.3 is 9.88 Å². The van der Waals surface area contributed by atoms with Crippen LogP contribution in [-0.4, -0.2) is 11.1 Å². The summed E-state index contributed by atoms with van der Waals surface area (Å²) in [5.41, 5.74) is 2.81. The topological polar surface area (TPSA) is 17.0 Å². The number of hydrogen-bond acceptors (Lipinski definition) is 1. The number of benzene rings is 1. The number of aryl methyl sites for hydroxylation is 1. The van der Waals surface area contributed by atoms with Crippen molar-refractivity contribution >= 4 is 10.9 Å². The van der Waals surface area contributed by atoms with Crippen molar-refractivity contribution in [2.75, 3.05) is 6.54 Å². The molecule has 2 rings (SSSR count). The zero-order chi connectivity index (χ0) is 14.4. The van der Waals surface area contributed by atoms with Crippen LogP contribution in [0.25, 0.3) is 10.9 Å². The van der Waals surface area contributed by atoms with Crippen LogP contribution in [0.1, 0.15) is 45.6 Å². The Balaban J connectivity index is 2.13. The number of hydrogen-bond donors (Lipinski definition) is 1. The minimum Gasteiger partial charge on any atom is -0.347 e. The standard InChI is InChI=1S/C18H28N2/c1-4-5-8-11-20-14-16(13-19-12-15(2)3)17-9-6-7-10-18(17)20/h6-7,9-10,14-15,19H,4-5,8,11-13H2,1-3H3. The molecule has 110 valence electrons. The number of para-hydroxylation sites is 1. The Hall–Kier alpha value is -1.28. The normalized spacial score (nSPS) is 11.6. The maximum absolute atomic E-state index is 3.56. The first-order valence-electron chi connectivity index (χ1n) is 7.99. The van der Waals surface area contributed by atoms with Gasteiger partial charge in [0.15, 0.2) is 0 Å². The van der Waals surface area contributed by atoms with Gasteiger partial charge in [-0.15, -0.1) is 0 Å². The summed E-state index contributed by atoms with van der Waals surface area (Å²) >= 11 is 0. The molecule has 0 atom stereocenters. The van der Waals surface area contributed by atoms with Gasteiger partial charge in [0.05, 0.1) is 0 Å². The Kier molecular flexibility index (Phi) is 5.66. The first kappa shape index (κ1) is 15.1. The van der Waals surface area contributed by atoms with Crippen LogP contribution in [0.4, 0.5) is 0 Å². The zero-order valence-corrected chi connectivity index (χ0v) is 13.2. The summed E-state index contributed by atoms with van der Waals surface area (Å²) in [5, 5.41) is 4.96. The molecule has 2 heteroatoms. The Morgan fingerprint density at radius 1 is 1.15 bits per heavy atom. The maximum atomic E-state index is 3.56. The van der Waals surface area contributed by atoms with Gasteiger partial charge in [-0.3, -0.25) is 0 Å². The lowest BCUT2D eigenvalue weighted by Gasteiger charge is -2.06. The number of rotatable bonds is 8. The van der Waals surface area contributed by atoms with Gasteiger partial charge in [0.25, 0.3) is 0 Å². The second-order valence-electron chi connectivity index (χ2n) is 6.10. The fraction of sp³-hybridized carbons (Fsp3) is 0.556. The van der Waals surface area contributed by atoms with Gasteiger partial charge in [-0.2, -0.15) is 0 Å². The SMILES string of the molecule is CCCCCn1cc(CNCC(C)C)c2ccccc21. The zero-order valence-electron chi connectivity index (χ0n) is 13.2. The number of fused-ring (bicyclic) bond motifs is 1. The van der Waals surface area contributed by atoms with Crippen LogP contribution in [0.15, 0.2) is 30.5 Å². The Bertz CT molecular complexity index is 525. The first-order valence-corrected chi connectivity index (χ1v) is 7.99. The molecule has 0 saturated carbocycles. The first-order chi connectivity index (χ1) is 9.72. The molecule has 0 saturated heterocycles. The highest BCUT2D eigenvalue weighted by molar-refractivity contribution is 5.83. The molecule has 1 aromatic heterocycles. The third-order valence-corrected chi connectivity index (χ3v) is 3.74. The van der Waals surface area contributed by atoms with Crippen molar-refractivity contribution in [2.24, 2.45) is 5.92 Å². The van der Waals surface area contributed by atoms with E-state index in [9.17, 15) is 0 Å². The summed E-state index contributed by atoms with van der Waals surface area (Å²) in [6, 6.07) is 8.78. The lowest BCUT2D eigenvalue weighted by Crippen LogP contribution is -2.18. The lowest BCUT2D eigenvalue weighted by molar-refractivity contribution is 0.552. The average molecular weight is 272 g/mol. The molecule has 0 amide bonds. The van der Waals surface area contributed by atoms with E-state index in [4.69, 9.17) is 0 Å². The average Bonchev–Trinajstić information content (AvgIpc) is 2.78. The predicted octanol–water partition coefficient (Wildman–Crippen LogP) is 4.58. The van der Waals surface area contributed by atoms with Crippen molar-refractivity contribution in [3.63, 3.8) is 0 Å². The molecule has 0 aliphatic heterocycles. The summed E-state index contributed by atoms with van der Waals surface area (Å²) in [7, 11) is 0. The summed E-state index contributed by atoms with van der Waals surface area (Å²) in [6.45, 7) is 9.95. The number of unbranched alkanes of at least 4 members (excludes halogenated alkanes) is 2. The summed E-state index contributed by atoms with van der Waals surface area (Å²) < 4.78 is 2.43. The Morgan fingerprint density at radius 3 is 2.70 bits per heavy atom. The molecule has 1 aromatic carbocycles. The fourth-order valence-corrected chi connectivity index (χ4v) is 2.68. The van der Waals surface area contributed by atoms with Crippen LogP contribution in [0.5, 0.6) is 0 Å². The molecular formula is C18H28N2. The van der Waals surface area contributed by atoms with Crippen LogP contribution >= 0.6 is 0 Å². The van der Waals surface area contributed by atoms with E-state index < -0.39 is 0 Å². The Morgan fingerprint density at radius 2 is 1.95 bits per heavy atom. The molecule has 1 N–H and O–H groups in total. The number of nitrogens with zero attached hydrogens (tertiary/aromatic N) is 1. The number of nitrogens with one attached hydrogen (secondary N) is 1. The van der Waals surface area contributed by atoms with E-state index in [0.717, 1.165) is 19.6 Å². The van der Waals surface area contributed by atoms with Gasteiger partial charge in [-0.1, -0.05) is 51.8 Å². The third-order valence-electron chi connectivity index (χ3n) is 3.74. The predicted molar refractivity (Wildman–Crippen MR) is 88.0 cm³/mol. The maximum Gasteiger partial charge on any atom is 0.0483 e. The van der Waals surface area contributed by atoms with Crippen LogP contribution in [-0.2, 0) is 13.1 Å².